The van der Waals surface area contributed by atoms with E-state index < -0.39 is 11.4 Å². The zero-order valence-electron chi connectivity index (χ0n) is 10.3. The number of allylic oxidation sites excluding steroid dienone is 3. The van der Waals surface area contributed by atoms with Gasteiger partial charge in [0.2, 0.25) is 5.91 Å². The van der Waals surface area contributed by atoms with Crippen LogP contribution in [0.25, 0.3) is 0 Å². The molecular formula is C13H19NO3. The molecule has 17 heavy (non-hydrogen) atoms. The third-order valence-corrected chi connectivity index (χ3v) is 3.07. The Hall–Kier alpha value is -1.58. The Morgan fingerprint density at radius 2 is 2.06 bits per heavy atom. The summed E-state index contributed by atoms with van der Waals surface area (Å²) < 4.78 is 0. The molecule has 1 amide bonds. The first-order valence-electron chi connectivity index (χ1n) is 5.81. The van der Waals surface area contributed by atoms with Gasteiger partial charge in [0.15, 0.2) is 0 Å². The number of carbonyl (C=O) groups excluding carboxylic acids is 1. The molecule has 0 saturated carbocycles. The first-order valence-corrected chi connectivity index (χ1v) is 5.81. The van der Waals surface area contributed by atoms with Crippen LogP contribution in [0.5, 0.6) is 0 Å². The Morgan fingerprint density at radius 3 is 2.65 bits per heavy atom. The average Bonchev–Trinajstić information content (AvgIpc) is 2.29. The molecule has 0 bridgehead atoms. The first-order chi connectivity index (χ1) is 7.99. The zero-order chi connectivity index (χ0) is 12.9. The molecule has 1 unspecified atom stereocenters. The van der Waals surface area contributed by atoms with Crippen molar-refractivity contribution in [2.75, 3.05) is 13.1 Å². The standard InChI is InChI=1S/C13H19NO3/c1-3-4-5-7-11(15)14-9-6-8-13(2,10-14)12(16)17/h3-5,7H,6,8-10H2,1-2H3,(H,16,17). The summed E-state index contributed by atoms with van der Waals surface area (Å²) in [6, 6.07) is 0. The molecular weight excluding hydrogens is 218 g/mol. The number of likely N-dealkylation sites (tertiary alicyclic amines) is 1. The van der Waals surface area contributed by atoms with E-state index in [1.54, 1.807) is 24.0 Å². The highest BCUT2D eigenvalue weighted by Crippen LogP contribution is 2.29. The van der Waals surface area contributed by atoms with Crippen LogP contribution in [0.2, 0.25) is 0 Å². The smallest absolute Gasteiger partial charge is 0.311 e. The lowest BCUT2D eigenvalue weighted by molar-refractivity contribution is -0.152. The van der Waals surface area contributed by atoms with Gasteiger partial charge in [-0.2, -0.15) is 0 Å². The summed E-state index contributed by atoms with van der Waals surface area (Å²) in [6.07, 6.45) is 8.14. The number of rotatable bonds is 3. The van der Waals surface area contributed by atoms with Gasteiger partial charge in [0.05, 0.1) is 5.41 Å². The molecule has 1 N–H and O–H groups in total. The Kier molecular flexibility index (Phi) is 4.49. The summed E-state index contributed by atoms with van der Waals surface area (Å²) in [4.78, 5) is 24.5. The number of carboxylic acid groups (broad SMARTS) is 1. The molecule has 1 fully saturated rings. The van der Waals surface area contributed by atoms with E-state index in [1.807, 2.05) is 13.0 Å². The highest BCUT2D eigenvalue weighted by molar-refractivity contribution is 5.88. The number of carbonyl (C=O) groups is 2. The lowest BCUT2D eigenvalue weighted by atomic mass is 9.82. The van der Waals surface area contributed by atoms with Crippen molar-refractivity contribution < 1.29 is 14.7 Å². The third kappa shape index (κ3) is 3.44. The molecule has 1 aliphatic heterocycles. The Bertz CT molecular complexity index is 360. The highest BCUT2D eigenvalue weighted by atomic mass is 16.4. The van der Waals surface area contributed by atoms with Crippen LogP contribution in [0, 0.1) is 5.41 Å². The van der Waals surface area contributed by atoms with Gasteiger partial charge < -0.3 is 10.0 Å². The fraction of sp³-hybridized carbons (Fsp3) is 0.538. The normalized spacial score (nSPS) is 25.6. The zero-order valence-corrected chi connectivity index (χ0v) is 10.3. The number of carboxylic acids is 1. The van der Waals surface area contributed by atoms with Crippen molar-refractivity contribution in [1.29, 1.82) is 0 Å². The number of amides is 1. The van der Waals surface area contributed by atoms with Gasteiger partial charge in [-0.25, -0.2) is 0 Å². The second-order valence-corrected chi connectivity index (χ2v) is 4.61. The number of hydrogen-bond acceptors (Lipinski definition) is 2. The molecule has 4 heteroatoms. The van der Waals surface area contributed by atoms with Crippen LogP contribution in [-0.4, -0.2) is 35.0 Å². The van der Waals surface area contributed by atoms with Crippen LogP contribution in [0.3, 0.4) is 0 Å². The largest absolute Gasteiger partial charge is 0.481 e. The first kappa shape index (κ1) is 13.5. The molecule has 0 aromatic carbocycles. The van der Waals surface area contributed by atoms with E-state index in [1.165, 1.54) is 6.08 Å². The number of hydrogen-bond donors (Lipinski definition) is 1. The summed E-state index contributed by atoms with van der Waals surface area (Å²) in [6.45, 7) is 4.50. The quantitative estimate of drug-likeness (QED) is 0.602. The number of aliphatic carboxylic acids is 1. The summed E-state index contributed by atoms with van der Waals surface area (Å²) in [5.74, 6) is -0.942. The van der Waals surface area contributed by atoms with Crippen molar-refractivity contribution in [1.82, 2.24) is 4.90 Å². The maximum atomic E-state index is 11.8. The summed E-state index contributed by atoms with van der Waals surface area (Å²) in [5, 5.41) is 9.14. The molecule has 0 aromatic heterocycles. The van der Waals surface area contributed by atoms with Crippen molar-refractivity contribution in [2.24, 2.45) is 5.41 Å². The molecule has 1 rings (SSSR count). The van der Waals surface area contributed by atoms with Crippen LogP contribution in [-0.2, 0) is 9.59 Å². The van der Waals surface area contributed by atoms with Crippen LogP contribution < -0.4 is 0 Å². The minimum absolute atomic E-state index is 0.115. The van der Waals surface area contributed by atoms with Crippen LogP contribution in [0.4, 0.5) is 0 Å². The maximum Gasteiger partial charge on any atom is 0.311 e. The summed E-state index contributed by atoms with van der Waals surface area (Å²) in [5.41, 5.74) is -0.803. The highest BCUT2D eigenvalue weighted by Gasteiger charge is 2.38. The van der Waals surface area contributed by atoms with Gasteiger partial charge in [-0.3, -0.25) is 9.59 Å². The van der Waals surface area contributed by atoms with Gasteiger partial charge in [0, 0.05) is 19.2 Å². The molecule has 1 saturated heterocycles. The van der Waals surface area contributed by atoms with E-state index in [0.29, 0.717) is 19.5 Å². The van der Waals surface area contributed by atoms with E-state index in [0.717, 1.165) is 6.42 Å². The SMILES string of the molecule is CC=CC=CC(=O)N1CCCC(C)(C(=O)O)C1. The number of nitrogens with zero attached hydrogens (tertiary/aromatic N) is 1. The van der Waals surface area contributed by atoms with E-state index in [4.69, 9.17) is 5.11 Å². The van der Waals surface area contributed by atoms with Crippen LogP contribution in [0.1, 0.15) is 26.7 Å². The van der Waals surface area contributed by atoms with Gasteiger partial charge >= 0.3 is 5.97 Å². The van der Waals surface area contributed by atoms with Gasteiger partial charge in [-0.15, -0.1) is 0 Å². The number of piperidine rings is 1. The van der Waals surface area contributed by atoms with Crippen molar-refractivity contribution in [2.45, 2.75) is 26.7 Å². The summed E-state index contributed by atoms with van der Waals surface area (Å²) >= 11 is 0. The van der Waals surface area contributed by atoms with Crippen molar-refractivity contribution in [3.63, 3.8) is 0 Å². The monoisotopic (exact) mass is 237 g/mol. The van der Waals surface area contributed by atoms with Crippen molar-refractivity contribution >= 4 is 11.9 Å². The van der Waals surface area contributed by atoms with Gasteiger partial charge in [-0.05, 0) is 26.7 Å². The van der Waals surface area contributed by atoms with Crippen LogP contribution >= 0.6 is 0 Å². The van der Waals surface area contributed by atoms with E-state index in [2.05, 4.69) is 0 Å². The fourth-order valence-corrected chi connectivity index (χ4v) is 1.96. The molecule has 0 radical (unpaired) electrons. The fourth-order valence-electron chi connectivity index (χ4n) is 1.96. The predicted molar refractivity (Wildman–Crippen MR) is 65.5 cm³/mol. The Labute approximate surface area is 102 Å². The Balaban J connectivity index is 2.67. The molecule has 1 atom stereocenters. The van der Waals surface area contributed by atoms with Gasteiger partial charge in [0.25, 0.3) is 0 Å². The van der Waals surface area contributed by atoms with Gasteiger partial charge in [-0.1, -0.05) is 18.2 Å². The average molecular weight is 237 g/mol. The minimum atomic E-state index is -0.826. The van der Waals surface area contributed by atoms with Crippen molar-refractivity contribution in [3.8, 4) is 0 Å². The minimum Gasteiger partial charge on any atom is -0.481 e. The summed E-state index contributed by atoms with van der Waals surface area (Å²) in [7, 11) is 0. The van der Waals surface area contributed by atoms with E-state index in [-0.39, 0.29) is 5.91 Å². The molecule has 4 nitrogen and oxygen atoms in total. The molecule has 94 valence electrons. The Morgan fingerprint density at radius 1 is 1.35 bits per heavy atom. The molecule has 0 spiro atoms. The second kappa shape index (κ2) is 5.66. The predicted octanol–water partition coefficient (Wildman–Crippen LogP) is 1.83. The van der Waals surface area contributed by atoms with Crippen LogP contribution in [0.15, 0.2) is 24.3 Å². The third-order valence-electron chi connectivity index (χ3n) is 3.07. The maximum absolute atomic E-state index is 11.8. The molecule has 0 aliphatic carbocycles. The molecule has 0 aromatic rings. The van der Waals surface area contributed by atoms with E-state index >= 15 is 0 Å². The topological polar surface area (TPSA) is 57.6 Å². The van der Waals surface area contributed by atoms with Gasteiger partial charge in [0.1, 0.15) is 0 Å². The second-order valence-electron chi connectivity index (χ2n) is 4.61. The molecule has 1 heterocycles. The lowest BCUT2D eigenvalue weighted by Gasteiger charge is -2.37. The lowest BCUT2D eigenvalue weighted by Crippen LogP contribution is -2.47. The molecule has 1 aliphatic rings. The van der Waals surface area contributed by atoms with Crippen molar-refractivity contribution in [3.05, 3.63) is 24.3 Å². The van der Waals surface area contributed by atoms with E-state index in [9.17, 15) is 9.59 Å².